The molecule has 0 spiro atoms. The minimum absolute atomic E-state index is 0.298. The zero-order valence-electron chi connectivity index (χ0n) is 9.52. The van der Waals surface area contributed by atoms with Crippen LogP contribution in [0.15, 0.2) is 0 Å². The Morgan fingerprint density at radius 3 is 2.76 bits per heavy atom. The van der Waals surface area contributed by atoms with Crippen molar-refractivity contribution in [3.8, 4) is 0 Å². The van der Waals surface area contributed by atoms with Gasteiger partial charge in [0.05, 0.1) is 6.54 Å². The van der Waals surface area contributed by atoms with Gasteiger partial charge in [0.1, 0.15) is 0 Å². The summed E-state index contributed by atoms with van der Waals surface area (Å²) in [5.41, 5.74) is 0. The van der Waals surface area contributed by atoms with Crippen LogP contribution in [0.25, 0.3) is 0 Å². The van der Waals surface area contributed by atoms with Gasteiger partial charge in [-0.25, -0.2) is 9.59 Å². The SMILES string of the molecule is O=C(NCCC1CCOC1)NC[C@H](O)C(=O)O. The summed E-state index contributed by atoms with van der Waals surface area (Å²) in [6.45, 7) is 1.74. The molecule has 0 bridgehead atoms. The van der Waals surface area contributed by atoms with Gasteiger partial charge in [0.15, 0.2) is 6.10 Å². The van der Waals surface area contributed by atoms with E-state index in [9.17, 15) is 9.59 Å². The first-order valence-corrected chi connectivity index (χ1v) is 5.60. The minimum atomic E-state index is -1.57. The lowest BCUT2D eigenvalue weighted by atomic mass is 10.1. The Balaban J connectivity index is 2.02. The van der Waals surface area contributed by atoms with E-state index in [1.165, 1.54) is 0 Å². The standard InChI is InChI=1S/C10H18N2O5/c13-8(9(14)15)5-12-10(16)11-3-1-7-2-4-17-6-7/h7-8,13H,1-6H2,(H,14,15)(H2,11,12,16)/t7?,8-/m0/s1. The number of carbonyl (C=O) groups excluding carboxylic acids is 1. The zero-order chi connectivity index (χ0) is 12.7. The summed E-state index contributed by atoms with van der Waals surface area (Å²) in [7, 11) is 0. The average molecular weight is 246 g/mol. The number of hydrogen-bond donors (Lipinski definition) is 4. The van der Waals surface area contributed by atoms with Gasteiger partial charge in [-0.2, -0.15) is 0 Å². The second kappa shape index (κ2) is 7.08. The van der Waals surface area contributed by atoms with E-state index in [1.807, 2.05) is 0 Å². The molecular weight excluding hydrogens is 228 g/mol. The van der Waals surface area contributed by atoms with Gasteiger partial charge >= 0.3 is 12.0 Å². The summed E-state index contributed by atoms with van der Waals surface area (Å²) < 4.78 is 5.19. The number of nitrogens with one attached hydrogen (secondary N) is 2. The summed E-state index contributed by atoms with van der Waals surface area (Å²) in [6.07, 6.45) is 0.291. The zero-order valence-corrected chi connectivity index (χ0v) is 9.52. The number of amides is 2. The van der Waals surface area contributed by atoms with Crippen LogP contribution in [0.3, 0.4) is 0 Å². The van der Waals surface area contributed by atoms with E-state index in [0.29, 0.717) is 12.5 Å². The van der Waals surface area contributed by atoms with Crippen molar-refractivity contribution < 1.29 is 24.5 Å². The molecule has 1 aliphatic heterocycles. The number of carboxylic acids is 1. The monoisotopic (exact) mass is 246 g/mol. The van der Waals surface area contributed by atoms with E-state index in [0.717, 1.165) is 26.1 Å². The van der Waals surface area contributed by atoms with Crippen LogP contribution in [0, 0.1) is 5.92 Å². The van der Waals surface area contributed by atoms with Gasteiger partial charge in [-0.1, -0.05) is 0 Å². The molecule has 4 N–H and O–H groups in total. The van der Waals surface area contributed by atoms with Crippen LogP contribution >= 0.6 is 0 Å². The maximum atomic E-state index is 11.2. The van der Waals surface area contributed by atoms with Crippen molar-refractivity contribution in [2.75, 3.05) is 26.3 Å². The number of aliphatic carboxylic acids is 1. The summed E-state index contributed by atoms with van der Waals surface area (Å²) >= 11 is 0. The van der Waals surface area contributed by atoms with Crippen LogP contribution in [0.1, 0.15) is 12.8 Å². The highest BCUT2D eigenvalue weighted by molar-refractivity contribution is 5.76. The molecule has 7 heteroatoms. The molecule has 0 radical (unpaired) electrons. The molecule has 1 unspecified atom stereocenters. The molecular formula is C10H18N2O5. The lowest BCUT2D eigenvalue weighted by molar-refractivity contribution is -0.146. The van der Waals surface area contributed by atoms with Crippen molar-refractivity contribution in [2.24, 2.45) is 5.92 Å². The molecule has 1 aliphatic rings. The maximum absolute atomic E-state index is 11.2. The first-order chi connectivity index (χ1) is 8.09. The molecule has 17 heavy (non-hydrogen) atoms. The molecule has 1 fully saturated rings. The molecule has 1 saturated heterocycles. The largest absolute Gasteiger partial charge is 0.479 e. The number of urea groups is 1. The molecule has 0 saturated carbocycles. The molecule has 0 aromatic heterocycles. The van der Waals surface area contributed by atoms with E-state index >= 15 is 0 Å². The summed E-state index contributed by atoms with van der Waals surface area (Å²) in [4.78, 5) is 21.5. The van der Waals surface area contributed by atoms with E-state index in [1.54, 1.807) is 0 Å². The van der Waals surface area contributed by atoms with Crippen LogP contribution in [0.2, 0.25) is 0 Å². The summed E-state index contributed by atoms with van der Waals surface area (Å²) in [5, 5.41) is 22.2. The smallest absolute Gasteiger partial charge is 0.334 e. The Morgan fingerprint density at radius 1 is 1.41 bits per heavy atom. The Hall–Kier alpha value is -1.34. The predicted molar refractivity (Wildman–Crippen MR) is 58.6 cm³/mol. The van der Waals surface area contributed by atoms with Crippen molar-refractivity contribution >= 4 is 12.0 Å². The molecule has 0 aromatic rings. The lowest BCUT2D eigenvalue weighted by Gasteiger charge is -2.11. The Bertz CT molecular complexity index is 265. The topological polar surface area (TPSA) is 108 Å². The third-order valence-corrected chi connectivity index (χ3v) is 2.60. The first kappa shape index (κ1) is 13.7. The molecule has 1 heterocycles. The second-order valence-corrected chi connectivity index (χ2v) is 4.01. The highest BCUT2D eigenvalue weighted by Crippen LogP contribution is 2.14. The quantitative estimate of drug-likeness (QED) is 0.488. The maximum Gasteiger partial charge on any atom is 0.334 e. The number of ether oxygens (including phenoxy) is 1. The van der Waals surface area contributed by atoms with Crippen molar-refractivity contribution in [3.63, 3.8) is 0 Å². The van der Waals surface area contributed by atoms with Crippen LogP contribution in [-0.4, -0.2) is 54.6 Å². The van der Waals surface area contributed by atoms with Crippen molar-refractivity contribution in [2.45, 2.75) is 18.9 Å². The molecule has 0 aromatic carbocycles. The van der Waals surface area contributed by atoms with Gasteiger partial charge in [0, 0.05) is 19.8 Å². The number of carboxylic acid groups (broad SMARTS) is 1. The molecule has 1 rings (SSSR count). The van der Waals surface area contributed by atoms with Gasteiger partial charge in [-0.15, -0.1) is 0 Å². The fourth-order valence-corrected chi connectivity index (χ4v) is 1.54. The highest BCUT2D eigenvalue weighted by Gasteiger charge is 2.16. The first-order valence-electron chi connectivity index (χ1n) is 5.60. The van der Waals surface area contributed by atoms with E-state index in [4.69, 9.17) is 14.9 Å². The van der Waals surface area contributed by atoms with E-state index in [-0.39, 0.29) is 6.54 Å². The fraction of sp³-hybridized carbons (Fsp3) is 0.800. The van der Waals surface area contributed by atoms with Gasteiger partial charge in [-0.05, 0) is 18.8 Å². The minimum Gasteiger partial charge on any atom is -0.479 e. The van der Waals surface area contributed by atoms with Crippen molar-refractivity contribution in [1.82, 2.24) is 10.6 Å². The number of aliphatic hydroxyl groups is 1. The van der Waals surface area contributed by atoms with Gasteiger partial charge in [0.25, 0.3) is 0 Å². The third kappa shape index (κ3) is 5.50. The molecule has 2 atom stereocenters. The Labute approximate surface area is 99.1 Å². The molecule has 7 nitrogen and oxygen atoms in total. The third-order valence-electron chi connectivity index (χ3n) is 2.60. The van der Waals surface area contributed by atoms with Crippen molar-refractivity contribution in [1.29, 1.82) is 0 Å². The average Bonchev–Trinajstić information content (AvgIpc) is 2.78. The molecule has 2 amide bonds. The van der Waals surface area contributed by atoms with E-state index in [2.05, 4.69) is 10.6 Å². The normalized spacial score (nSPS) is 20.9. The molecule has 0 aliphatic carbocycles. The molecule has 98 valence electrons. The summed E-state index contributed by atoms with van der Waals surface area (Å²) in [6, 6.07) is -0.468. The number of hydrogen-bond acceptors (Lipinski definition) is 4. The number of carbonyl (C=O) groups is 2. The predicted octanol–water partition coefficient (Wildman–Crippen LogP) is -0.842. The Morgan fingerprint density at radius 2 is 2.18 bits per heavy atom. The number of rotatable bonds is 6. The second-order valence-electron chi connectivity index (χ2n) is 4.01. The fourth-order valence-electron chi connectivity index (χ4n) is 1.54. The van der Waals surface area contributed by atoms with Crippen LogP contribution in [0.5, 0.6) is 0 Å². The lowest BCUT2D eigenvalue weighted by Crippen LogP contribution is -2.42. The van der Waals surface area contributed by atoms with Gasteiger partial charge in [-0.3, -0.25) is 0 Å². The van der Waals surface area contributed by atoms with Crippen LogP contribution < -0.4 is 10.6 Å². The Kier molecular flexibility index (Phi) is 5.71. The van der Waals surface area contributed by atoms with Gasteiger partial charge in [0.2, 0.25) is 0 Å². The van der Waals surface area contributed by atoms with Crippen LogP contribution in [0.4, 0.5) is 4.79 Å². The van der Waals surface area contributed by atoms with Crippen molar-refractivity contribution in [3.05, 3.63) is 0 Å². The van der Waals surface area contributed by atoms with Gasteiger partial charge < -0.3 is 25.6 Å². The van der Waals surface area contributed by atoms with E-state index < -0.39 is 18.1 Å². The number of aliphatic hydroxyl groups excluding tert-OH is 1. The van der Waals surface area contributed by atoms with Crippen LogP contribution in [-0.2, 0) is 9.53 Å². The highest BCUT2D eigenvalue weighted by atomic mass is 16.5. The summed E-state index contributed by atoms with van der Waals surface area (Å²) in [5.74, 6) is -0.867.